The van der Waals surface area contributed by atoms with Crippen LogP contribution in [0.4, 0.5) is 5.69 Å². The third-order valence-electron chi connectivity index (χ3n) is 3.81. The predicted molar refractivity (Wildman–Crippen MR) is 96.0 cm³/mol. The molecule has 2 heterocycles. The van der Waals surface area contributed by atoms with Crippen LogP contribution in [0.15, 0.2) is 39.8 Å². The van der Waals surface area contributed by atoms with E-state index in [1.54, 1.807) is 37.3 Å². The highest BCUT2D eigenvalue weighted by Crippen LogP contribution is 2.36. The van der Waals surface area contributed by atoms with Gasteiger partial charge in [0.1, 0.15) is 4.90 Å². The summed E-state index contributed by atoms with van der Waals surface area (Å²) in [5.41, 5.74) is 2.54. The summed E-state index contributed by atoms with van der Waals surface area (Å²) in [7, 11) is -3.74. The maximum absolute atomic E-state index is 12.7. The van der Waals surface area contributed by atoms with Crippen LogP contribution in [-0.4, -0.2) is 13.6 Å². The zero-order valence-electron chi connectivity index (χ0n) is 13.8. The molecule has 25 heavy (non-hydrogen) atoms. The molecule has 1 N–H and O–H groups in total. The fraction of sp³-hybridized carbons (Fsp3) is 0.176. The number of benzene rings is 1. The zero-order chi connectivity index (χ0) is 18.2. The minimum absolute atomic E-state index is 0.199. The Hall–Kier alpha value is -2.63. The number of nitrogens with one attached hydrogen (secondary N) is 1. The first-order valence-corrected chi connectivity index (χ1v) is 9.68. The van der Waals surface area contributed by atoms with Crippen molar-refractivity contribution in [1.82, 2.24) is 5.16 Å². The van der Waals surface area contributed by atoms with Gasteiger partial charge in [0, 0.05) is 16.1 Å². The number of nitrogens with zero attached hydrogens (tertiary/aromatic N) is 2. The first-order valence-electron chi connectivity index (χ1n) is 7.38. The van der Waals surface area contributed by atoms with Gasteiger partial charge in [-0.25, -0.2) is 8.42 Å². The fourth-order valence-electron chi connectivity index (χ4n) is 2.31. The van der Waals surface area contributed by atoms with Crippen LogP contribution in [0.5, 0.6) is 0 Å². The highest BCUT2D eigenvalue weighted by molar-refractivity contribution is 7.93. The van der Waals surface area contributed by atoms with Crippen molar-refractivity contribution >= 4 is 27.0 Å². The number of sulfonamides is 1. The van der Waals surface area contributed by atoms with E-state index in [9.17, 15) is 8.42 Å². The Bertz CT molecular complexity index is 1070. The van der Waals surface area contributed by atoms with E-state index >= 15 is 0 Å². The van der Waals surface area contributed by atoms with Gasteiger partial charge in [-0.15, -0.1) is 11.3 Å². The van der Waals surface area contributed by atoms with Gasteiger partial charge in [-0.1, -0.05) is 5.16 Å². The minimum Gasteiger partial charge on any atom is -0.355 e. The molecule has 0 unspecified atom stereocenters. The fourth-order valence-corrected chi connectivity index (χ4v) is 5.00. The van der Waals surface area contributed by atoms with Crippen molar-refractivity contribution in [2.45, 2.75) is 25.7 Å². The Kier molecular flexibility index (Phi) is 4.37. The molecule has 0 aliphatic rings. The van der Waals surface area contributed by atoms with Crippen LogP contribution in [0.1, 0.15) is 21.7 Å². The molecule has 128 valence electrons. The van der Waals surface area contributed by atoms with Gasteiger partial charge in [0.15, 0.2) is 5.76 Å². The Labute approximate surface area is 149 Å². The van der Waals surface area contributed by atoms with Gasteiger partial charge in [0.25, 0.3) is 10.0 Å². The topological polar surface area (TPSA) is 96.0 Å². The molecule has 0 aliphatic heterocycles. The van der Waals surface area contributed by atoms with Crippen LogP contribution >= 0.6 is 11.3 Å². The number of hydrogen-bond acceptors (Lipinski definition) is 6. The van der Waals surface area contributed by atoms with Gasteiger partial charge in [-0.3, -0.25) is 4.72 Å². The number of aryl methyl sites for hydroxylation is 2. The third kappa shape index (κ3) is 3.29. The van der Waals surface area contributed by atoms with Gasteiger partial charge >= 0.3 is 0 Å². The molecule has 0 atom stereocenters. The Morgan fingerprint density at radius 3 is 2.44 bits per heavy atom. The molecule has 0 aliphatic carbocycles. The molecule has 0 saturated heterocycles. The average Bonchev–Trinajstić information content (AvgIpc) is 3.12. The summed E-state index contributed by atoms with van der Waals surface area (Å²) in [6, 6.07) is 9.83. The first kappa shape index (κ1) is 17.2. The SMILES string of the molecule is Cc1noc(-c2cc(S(=O)(=O)Nc3ccc(C#N)cc3)c(C)s2)c1C. The number of aromatic nitrogens is 1. The zero-order valence-corrected chi connectivity index (χ0v) is 15.5. The number of anilines is 1. The van der Waals surface area contributed by atoms with E-state index in [1.807, 2.05) is 19.9 Å². The van der Waals surface area contributed by atoms with Gasteiger partial charge < -0.3 is 4.52 Å². The predicted octanol–water partition coefficient (Wildman–Crippen LogP) is 4.00. The van der Waals surface area contributed by atoms with Crippen molar-refractivity contribution in [3.05, 3.63) is 52.0 Å². The monoisotopic (exact) mass is 373 g/mol. The molecule has 8 heteroatoms. The molecule has 0 amide bonds. The van der Waals surface area contributed by atoms with Crippen LogP contribution < -0.4 is 4.72 Å². The summed E-state index contributed by atoms with van der Waals surface area (Å²) < 4.78 is 33.2. The highest BCUT2D eigenvalue weighted by atomic mass is 32.2. The normalized spacial score (nSPS) is 11.3. The standard InChI is InChI=1S/C17H15N3O3S2/c1-10-11(2)19-23-17(10)15-8-16(12(3)24-15)25(21,22)20-14-6-4-13(9-18)5-7-14/h4-8,20H,1-3H3. The van der Waals surface area contributed by atoms with E-state index in [-0.39, 0.29) is 4.90 Å². The van der Waals surface area contributed by atoms with Crippen LogP contribution in [0.3, 0.4) is 0 Å². The van der Waals surface area contributed by atoms with Crippen molar-refractivity contribution in [1.29, 1.82) is 5.26 Å². The summed E-state index contributed by atoms with van der Waals surface area (Å²) in [6.07, 6.45) is 0. The lowest BCUT2D eigenvalue weighted by atomic mass is 10.2. The van der Waals surface area contributed by atoms with Crippen molar-refractivity contribution in [2.24, 2.45) is 0 Å². The number of nitriles is 1. The molecule has 0 radical (unpaired) electrons. The molecule has 6 nitrogen and oxygen atoms in total. The molecule has 3 rings (SSSR count). The van der Waals surface area contributed by atoms with Gasteiger partial charge in [-0.05, 0) is 51.1 Å². The molecule has 2 aromatic heterocycles. The van der Waals surface area contributed by atoms with E-state index in [1.165, 1.54) is 11.3 Å². The lowest BCUT2D eigenvalue weighted by Crippen LogP contribution is -2.13. The Morgan fingerprint density at radius 2 is 1.88 bits per heavy atom. The summed E-state index contributed by atoms with van der Waals surface area (Å²) in [5.74, 6) is 0.588. The number of thiophene rings is 1. The third-order valence-corrected chi connectivity index (χ3v) is 6.49. The maximum Gasteiger partial charge on any atom is 0.263 e. The highest BCUT2D eigenvalue weighted by Gasteiger charge is 2.23. The number of hydrogen-bond donors (Lipinski definition) is 1. The molecule has 0 spiro atoms. The van der Waals surface area contributed by atoms with Crippen LogP contribution in [-0.2, 0) is 10.0 Å². The van der Waals surface area contributed by atoms with Gasteiger partial charge in [0.05, 0.1) is 22.2 Å². The lowest BCUT2D eigenvalue weighted by molar-refractivity contribution is 0.427. The molecule has 3 aromatic rings. The number of rotatable bonds is 4. The summed E-state index contributed by atoms with van der Waals surface area (Å²) in [4.78, 5) is 1.57. The molecular formula is C17H15N3O3S2. The van der Waals surface area contributed by atoms with E-state index in [0.29, 0.717) is 21.9 Å². The van der Waals surface area contributed by atoms with Crippen molar-refractivity contribution < 1.29 is 12.9 Å². The lowest BCUT2D eigenvalue weighted by Gasteiger charge is -2.07. The minimum atomic E-state index is -3.74. The van der Waals surface area contributed by atoms with E-state index in [2.05, 4.69) is 9.88 Å². The molecule has 0 saturated carbocycles. The van der Waals surface area contributed by atoms with E-state index < -0.39 is 10.0 Å². The smallest absolute Gasteiger partial charge is 0.263 e. The van der Waals surface area contributed by atoms with Gasteiger partial charge in [0.2, 0.25) is 0 Å². The molecule has 0 fully saturated rings. The van der Waals surface area contributed by atoms with Crippen LogP contribution in [0.25, 0.3) is 10.6 Å². The second-order valence-electron chi connectivity index (χ2n) is 5.55. The van der Waals surface area contributed by atoms with E-state index in [0.717, 1.165) is 16.1 Å². The summed E-state index contributed by atoms with van der Waals surface area (Å²) >= 11 is 1.34. The van der Waals surface area contributed by atoms with Crippen LogP contribution in [0.2, 0.25) is 0 Å². The molecular weight excluding hydrogens is 358 g/mol. The van der Waals surface area contributed by atoms with Crippen LogP contribution in [0, 0.1) is 32.1 Å². The summed E-state index contributed by atoms with van der Waals surface area (Å²) in [6.45, 7) is 5.48. The first-order chi connectivity index (χ1) is 11.8. The second-order valence-corrected chi connectivity index (χ2v) is 8.45. The molecule has 1 aromatic carbocycles. The van der Waals surface area contributed by atoms with Crippen molar-refractivity contribution in [3.63, 3.8) is 0 Å². The average molecular weight is 373 g/mol. The second kappa shape index (κ2) is 6.35. The van der Waals surface area contributed by atoms with Crippen molar-refractivity contribution in [3.8, 4) is 16.7 Å². The summed E-state index contributed by atoms with van der Waals surface area (Å²) in [5, 5.41) is 12.7. The molecule has 0 bridgehead atoms. The largest absolute Gasteiger partial charge is 0.355 e. The Balaban J connectivity index is 1.95. The van der Waals surface area contributed by atoms with Gasteiger partial charge in [-0.2, -0.15) is 5.26 Å². The Morgan fingerprint density at radius 1 is 1.20 bits per heavy atom. The quantitative estimate of drug-likeness (QED) is 0.745. The van der Waals surface area contributed by atoms with Crippen molar-refractivity contribution in [2.75, 3.05) is 4.72 Å². The maximum atomic E-state index is 12.7. The van der Waals surface area contributed by atoms with E-state index in [4.69, 9.17) is 9.78 Å².